The summed E-state index contributed by atoms with van der Waals surface area (Å²) in [5.41, 5.74) is 9.61. The van der Waals surface area contributed by atoms with E-state index in [1.165, 1.54) is 23.9 Å². The van der Waals surface area contributed by atoms with E-state index in [1.54, 1.807) is 0 Å². The maximum Gasteiger partial charge on any atom is 0.201 e. The lowest BCUT2D eigenvalue weighted by Crippen LogP contribution is -2.29. The SMILES string of the molecule is Cc1ccc2nc(N)n(C(C)(C)C3CC3)c2c1. The fourth-order valence-electron chi connectivity index (χ4n) is 2.78. The van der Waals surface area contributed by atoms with Crippen LogP contribution < -0.4 is 5.73 Å². The summed E-state index contributed by atoms with van der Waals surface area (Å²) in [6.07, 6.45) is 2.61. The Kier molecular flexibility index (Phi) is 2.03. The first kappa shape index (κ1) is 10.6. The molecule has 0 radical (unpaired) electrons. The third-order valence-corrected chi connectivity index (χ3v) is 3.99. The Morgan fingerprint density at radius 1 is 1.35 bits per heavy atom. The molecule has 0 saturated heterocycles. The van der Waals surface area contributed by atoms with E-state index in [4.69, 9.17) is 5.73 Å². The number of imidazole rings is 1. The first-order valence-electron chi connectivity index (χ1n) is 6.25. The van der Waals surface area contributed by atoms with Crippen LogP contribution in [-0.2, 0) is 5.54 Å². The van der Waals surface area contributed by atoms with Crippen LogP contribution >= 0.6 is 0 Å². The van der Waals surface area contributed by atoms with Crippen molar-refractivity contribution >= 4 is 17.0 Å². The minimum absolute atomic E-state index is 0.0760. The van der Waals surface area contributed by atoms with Gasteiger partial charge in [-0.15, -0.1) is 0 Å². The number of nitrogens with zero attached hydrogens (tertiary/aromatic N) is 2. The Hall–Kier alpha value is -1.51. The molecule has 1 fully saturated rings. The van der Waals surface area contributed by atoms with Gasteiger partial charge in [-0.05, 0) is 57.2 Å². The predicted octanol–water partition coefficient (Wildman–Crippen LogP) is 3.07. The van der Waals surface area contributed by atoms with Crippen molar-refractivity contribution in [2.45, 2.75) is 39.2 Å². The zero-order chi connectivity index (χ0) is 12.2. The molecule has 0 spiro atoms. The second kappa shape index (κ2) is 3.25. The summed E-state index contributed by atoms with van der Waals surface area (Å²) in [7, 11) is 0. The minimum atomic E-state index is 0.0760. The molecule has 3 nitrogen and oxygen atoms in total. The number of aromatic nitrogens is 2. The zero-order valence-corrected chi connectivity index (χ0v) is 10.7. The molecule has 0 amide bonds. The highest BCUT2D eigenvalue weighted by Gasteiger charge is 2.40. The van der Waals surface area contributed by atoms with Crippen molar-refractivity contribution in [1.82, 2.24) is 9.55 Å². The van der Waals surface area contributed by atoms with Crippen molar-refractivity contribution in [3.05, 3.63) is 23.8 Å². The number of nitrogens with two attached hydrogens (primary N) is 1. The molecule has 90 valence electrons. The van der Waals surface area contributed by atoms with Crippen molar-refractivity contribution in [1.29, 1.82) is 0 Å². The quantitative estimate of drug-likeness (QED) is 0.860. The zero-order valence-electron chi connectivity index (χ0n) is 10.7. The number of hydrogen-bond donors (Lipinski definition) is 1. The van der Waals surface area contributed by atoms with Crippen molar-refractivity contribution in [2.75, 3.05) is 5.73 Å². The molecular formula is C14H19N3. The molecule has 17 heavy (non-hydrogen) atoms. The molecule has 1 aromatic heterocycles. The molecule has 0 bridgehead atoms. The molecule has 3 heteroatoms. The van der Waals surface area contributed by atoms with Gasteiger partial charge in [0, 0.05) is 5.54 Å². The van der Waals surface area contributed by atoms with E-state index in [0.29, 0.717) is 5.95 Å². The third kappa shape index (κ3) is 1.53. The van der Waals surface area contributed by atoms with E-state index in [1.807, 2.05) is 0 Å². The highest BCUT2D eigenvalue weighted by molar-refractivity contribution is 5.79. The number of benzene rings is 1. The molecule has 1 aromatic carbocycles. The maximum atomic E-state index is 6.11. The highest BCUT2D eigenvalue weighted by Crippen LogP contribution is 2.46. The molecule has 0 unspecified atom stereocenters. The Bertz CT molecular complexity index is 576. The second-order valence-electron chi connectivity index (χ2n) is 5.73. The Balaban J connectivity index is 2.27. The fourth-order valence-corrected chi connectivity index (χ4v) is 2.78. The van der Waals surface area contributed by atoms with Crippen LogP contribution in [-0.4, -0.2) is 9.55 Å². The van der Waals surface area contributed by atoms with Crippen molar-refractivity contribution in [3.8, 4) is 0 Å². The van der Waals surface area contributed by atoms with Gasteiger partial charge in [-0.1, -0.05) is 6.07 Å². The Morgan fingerprint density at radius 3 is 2.71 bits per heavy atom. The van der Waals surface area contributed by atoms with E-state index >= 15 is 0 Å². The summed E-state index contributed by atoms with van der Waals surface area (Å²) in [5, 5.41) is 0. The molecule has 1 saturated carbocycles. The van der Waals surface area contributed by atoms with E-state index in [9.17, 15) is 0 Å². The van der Waals surface area contributed by atoms with Crippen LogP contribution in [0.3, 0.4) is 0 Å². The Labute approximate surface area is 102 Å². The monoisotopic (exact) mass is 229 g/mol. The normalized spacial score (nSPS) is 16.6. The Morgan fingerprint density at radius 2 is 2.06 bits per heavy atom. The fraction of sp³-hybridized carbons (Fsp3) is 0.500. The smallest absolute Gasteiger partial charge is 0.201 e. The number of fused-ring (bicyclic) bond motifs is 1. The molecule has 1 aliphatic carbocycles. The summed E-state index contributed by atoms with van der Waals surface area (Å²) in [4.78, 5) is 4.47. The number of anilines is 1. The number of hydrogen-bond acceptors (Lipinski definition) is 2. The average molecular weight is 229 g/mol. The van der Waals surface area contributed by atoms with Gasteiger partial charge in [-0.25, -0.2) is 4.98 Å². The van der Waals surface area contributed by atoms with Crippen LogP contribution in [0.5, 0.6) is 0 Å². The van der Waals surface area contributed by atoms with E-state index < -0.39 is 0 Å². The van der Waals surface area contributed by atoms with Gasteiger partial charge in [0.25, 0.3) is 0 Å². The lowest BCUT2D eigenvalue weighted by Gasteiger charge is -2.28. The number of aryl methyl sites for hydroxylation is 1. The predicted molar refractivity (Wildman–Crippen MR) is 70.9 cm³/mol. The van der Waals surface area contributed by atoms with Gasteiger partial charge in [0.05, 0.1) is 11.0 Å². The summed E-state index contributed by atoms with van der Waals surface area (Å²) in [5.74, 6) is 1.38. The molecule has 0 atom stereocenters. The van der Waals surface area contributed by atoms with Crippen LogP contribution in [0.15, 0.2) is 18.2 Å². The first-order valence-corrected chi connectivity index (χ1v) is 6.25. The molecule has 1 heterocycles. The van der Waals surface area contributed by atoms with Gasteiger partial charge in [-0.3, -0.25) is 0 Å². The minimum Gasteiger partial charge on any atom is -0.369 e. The number of nitrogen functional groups attached to an aromatic ring is 1. The van der Waals surface area contributed by atoms with Gasteiger partial charge >= 0.3 is 0 Å². The molecule has 3 rings (SSSR count). The lowest BCUT2D eigenvalue weighted by molar-refractivity contribution is 0.318. The highest BCUT2D eigenvalue weighted by atomic mass is 15.2. The summed E-state index contributed by atoms with van der Waals surface area (Å²) in [6, 6.07) is 6.33. The van der Waals surface area contributed by atoms with Crippen LogP contribution in [0.4, 0.5) is 5.95 Å². The topological polar surface area (TPSA) is 43.8 Å². The average Bonchev–Trinajstić information content (AvgIpc) is 3.02. The van der Waals surface area contributed by atoms with Crippen LogP contribution in [0.1, 0.15) is 32.3 Å². The van der Waals surface area contributed by atoms with E-state index in [2.05, 4.69) is 48.5 Å². The van der Waals surface area contributed by atoms with Crippen molar-refractivity contribution < 1.29 is 0 Å². The van der Waals surface area contributed by atoms with Gasteiger partial charge in [0.2, 0.25) is 5.95 Å². The molecular weight excluding hydrogens is 210 g/mol. The number of rotatable bonds is 2. The molecule has 2 N–H and O–H groups in total. The first-order chi connectivity index (χ1) is 8.00. The summed E-state index contributed by atoms with van der Waals surface area (Å²) < 4.78 is 2.22. The lowest BCUT2D eigenvalue weighted by atomic mass is 9.98. The van der Waals surface area contributed by atoms with Gasteiger partial charge in [0.1, 0.15) is 0 Å². The molecule has 0 aliphatic heterocycles. The summed E-state index contributed by atoms with van der Waals surface area (Å²) in [6.45, 7) is 6.64. The third-order valence-electron chi connectivity index (χ3n) is 3.99. The van der Waals surface area contributed by atoms with Gasteiger partial charge in [-0.2, -0.15) is 0 Å². The van der Waals surface area contributed by atoms with E-state index in [-0.39, 0.29) is 5.54 Å². The van der Waals surface area contributed by atoms with Crippen LogP contribution in [0, 0.1) is 12.8 Å². The van der Waals surface area contributed by atoms with E-state index in [0.717, 1.165) is 11.4 Å². The van der Waals surface area contributed by atoms with Crippen LogP contribution in [0.2, 0.25) is 0 Å². The van der Waals surface area contributed by atoms with Gasteiger partial charge < -0.3 is 10.3 Å². The molecule has 2 aromatic rings. The van der Waals surface area contributed by atoms with Crippen molar-refractivity contribution in [2.24, 2.45) is 5.92 Å². The van der Waals surface area contributed by atoms with Gasteiger partial charge in [0.15, 0.2) is 0 Å². The van der Waals surface area contributed by atoms with Crippen LogP contribution in [0.25, 0.3) is 11.0 Å². The van der Waals surface area contributed by atoms with Crippen molar-refractivity contribution in [3.63, 3.8) is 0 Å². The molecule has 1 aliphatic rings. The maximum absolute atomic E-state index is 6.11. The second-order valence-corrected chi connectivity index (χ2v) is 5.73. The summed E-state index contributed by atoms with van der Waals surface area (Å²) >= 11 is 0. The largest absolute Gasteiger partial charge is 0.369 e. The standard InChI is InChI=1S/C14H19N3/c1-9-4-7-11-12(8-9)17(13(15)16-11)14(2,3)10-5-6-10/h4,7-8,10H,5-6H2,1-3H3,(H2,15,16).